The summed E-state index contributed by atoms with van der Waals surface area (Å²) in [5, 5.41) is 0. The van der Waals surface area contributed by atoms with Crippen LogP contribution in [0.2, 0.25) is 6.04 Å². The second-order valence-corrected chi connectivity index (χ2v) is 4.62. The van der Waals surface area contributed by atoms with Gasteiger partial charge in [0.2, 0.25) is 0 Å². The minimum atomic E-state index is -3.31. The second kappa shape index (κ2) is 5.09. The highest BCUT2D eigenvalue weighted by molar-refractivity contribution is 6.57. The standard InChI is InChI=1S/C5H13ClO3Si/c1-2-9-10(7,8)5-3-4-6/h7-8H,2-5H2,1H3. The smallest absolute Gasteiger partial charge is 0.390 e. The molecule has 0 aliphatic carbocycles. The molecule has 62 valence electrons. The van der Waals surface area contributed by atoms with Crippen molar-refractivity contribution < 1.29 is 14.0 Å². The molecule has 0 saturated heterocycles. The summed E-state index contributed by atoms with van der Waals surface area (Å²) in [6.07, 6.45) is 0.598. The van der Waals surface area contributed by atoms with E-state index in [0.29, 0.717) is 25.0 Å². The molecule has 3 nitrogen and oxygen atoms in total. The quantitative estimate of drug-likeness (QED) is 0.486. The molecule has 0 heterocycles. The van der Waals surface area contributed by atoms with E-state index in [0.717, 1.165) is 0 Å². The van der Waals surface area contributed by atoms with Crippen LogP contribution in [0.15, 0.2) is 0 Å². The molecule has 0 unspecified atom stereocenters. The maximum Gasteiger partial charge on any atom is 0.495 e. The van der Waals surface area contributed by atoms with Gasteiger partial charge in [-0.15, -0.1) is 11.6 Å². The van der Waals surface area contributed by atoms with Gasteiger partial charge in [0.1, 0.15) is 0 Å². The molecule has 0 aromatic carbocycles. The number of hydrogen-bond donors (Lipinski definition) is 2. The Bertz CT molecular complexity index is 89.0. The van der Waals surface area contributed by atoms with Crippen LogP contribution in [0.25, 0.3) is 0 Å². The van der Waals surface area contributed by atoms with Gasteiger partial charge in [-0.2, -0.15) is 0 Å². The van der Waals surface area contributed by atoms with Gasteiger partial charge in [0.05, 0.1) is 0 Å². The van der Waals surface area contributed by atoms with E-state index in [1.807, 2.05) is 0 Å². The zero-order chi connectivity index (χ0) is 8.04. The molecule has 0 rings (SSSR count). The highest BCUT2D eigenvalue weighted by atomic mass is 35.5. The van der Waals surface area contributed by atoms with Crippen molar-refractivity contribution >= 4 is 20.4 Å². The molecular weight excluding hydrogens is 172 g/mol. The van der Waals surface area contributed by atoms with Gasteiger partial charge in [0, 0.05) is 18.5 Å². The van der Waals surface area contributed by atoms with Gasteiger partial charge in [-0.05, 0) is 13.3 Å². The van der Waals surface area contributed by atoms with Crippen molar-refractivity contribution in [3.05, 3.63) is 0 Å². The van der Waals surface area contributed by atoms with Gasteiger partial charge in [-0.3, -0.25) is 0 Å². The number of halogens is 1. The minimum absolute atomic E-state index is 0.296. The molecule has 5 heteroatoms. The van der Waals surface area contributed by atoms with E-state index in [1.165, 1.54) is 0 Å². The molecule has 0 saturated carbocycles. The van der Waals surface area contributed by atoms with E-state index >= 15 is 0 Å². The molecule has 0 aliphatic heterocycles. The lowest BCUT2D eigenvalue weighted by molar-refractivity contribution is 0.155. The topological polar surface area (TPSA) is 49.7 Å². The Kier molecular flexibility index (Phi) is 5.29. The molecule has 10 heavy (non-hydrogen) atoms. The van der Waals surface area contributed by atoms with E-state index in [4.69, 9.17) is 25.6 Å². The number of hydrogen-bond acceptors (Lipinski definition) is 3. The van der Waals surface area contributed by atoms with Crippen LogP contribution >= 0.6 is 11.6 Å². The van der Waals surface area contributed by atoms with Gasteiger partial charge in [-0.25, -0.2) is 0 Å². The fourth-order valence-electron chi connectivity index (χ4n) is 0.600. The molecular formula is C5H13ClO3Si. The summed E-state index contributed by atoms with van der Waals surface area (Å²) in [6, 6.07) is 0.296. The van der Waals surface area contributed by atoms with Crippen molar-refractivity contribution in [2.75, 3.05) is 12.5 Å². The number of rotatable bonds is 5. The van der Waals surface area contributed by atoms with Crippen LogP contribution < -0.4 is 0 Å². The molecule has 0 aliphatic rings. The Morgan fingerprint density at radius 2 is 2.10 bits per heavy atom. The summed E-state index contributed by atoms with van der Waals surface area (Å²) in [7, 11) is -3.31. The fourth-order valence-corrected chi connectivity index (χ4v) is 2.20. The third kappa shape index (κ3) is 5.19. The lowest BCUT2D eigenvalue weighted by atomic mass is 10.6. The maximum absolute atomic E-state index is 9.06. The molecule has 0 amide bonds. The van der Waals surface area contributed by atoms with Crippen LogP contribution in [0.1, 0.15) is 13.3 Å². The van der Waals surface area contributed by atoms with Crippen LogP contribution in [0.3, 0.4) is 0 Å². The molecule has 0 fully saturated rings. The molecule has 0 aromatic rings. The Balaban J connectivity index is 3.42. The summed E-state index contributed by atoms with van der Waals surface area (Å²) in [6.45, 7) is 2.08. The van der Waals surface area contributed by atoms with Gasteiger partial charge >= 0.3 is 8.80 Å². The summed E-state index contributed by atoms with van der Waals surface area (Å²) in [5.41, 5.74) is 0. The van der Waals surface area contributed by atoms with Crippen LogP contribution in [0, 0.1) is 0 Å². The minimum Gasteiger partial charge on any atom is -0.390 e. The lowest BCUT2D eigenvalue weighted by Gasteiger charge is -2.15. The highest BCUT2D eigenvalue weighted by Crippen LogP contribution is 2.07. The van der Waals surface area contributed by atoms with Gasteiger partial charge in [0.15, 0.2) is 0 Å². The molecule has 0 bridgehead atoms. The zero-order valence-corrected chi connectivity index (χ0v) is 7.76. The molecule has 0 aromatic heterocycles. The van der Waals surface area contributed by atoms with Crippen LogP contribution in [-0.4, -0.2) is 30.9 Å². The first kappa shape index (κ1) is 10.4. The van der Waals surface area contributed by atoms with Crippen LogP contribution in [0.4, 0.5) is 0 Å². The van der Waals surface area contributed by atoms with Crippen LogP contribution in [-0.2, 0) is 4.43 Å². The van der Waals surface area contributed by atoms with E-state index in [9.17, 15) is 0 Å². The fraction of sp³-hybridized carbons (Fsp3) is 1.00. The van der Waals surface area contributed by atoms with Gasteiger partial charge in [0.25, 0.3) is 0 Å². The summed E-state index contributed by atoms with van der Waals surface area (Å²) in [5.74, 6) is 0.447. The predicted octanol–water partition coefficient (Wildman–Crippen LogP) is 0.575. The van der Waals surface area contributed by atoms with E-state index in [2.05, 4.69) is 0 Å². The Morgan fingerprint density at radius 1 is 1.50 bits per heavy atom. The van der Waals surface area contributed by atoms with Crippen molar-refractivity contribution in [3.63, 3.8) is 0 Å². The first-order valence-corrected chi connectivity index (χ1v) is 5.81. The average Bonchev–Trinajstić information content (AvgIpc) is 1.84. The highest BCUT2D eigenvalue weighted by Gasteiger charge is 2.30. The average molecular weight is 185 g/mol. The summed E-state index contributed by atoms with van der Waals surface area (Å²) < 4.78 is 4.72. The number of alkyl halides is 1. The van der Waals surface area contributed by atoms with Crippen molar-refractivity contribution in [2.45, 2.75) is 19.4 Å². The van der Waals surface area contributed by atoms with Gasteiger partial charge in [-0.1, -0.05) is 0 Å². The largest absolute Gasteiger partial charge is 0.495 e. The third-order valence-corrected chi connectivity index (χ3v) is 3.03. The summed E-state index contributed by atoms with van der Waals surface area (Å²) in [4.78, 5) is 18.1. The molecule has 0 atom stereocenters. The zero-order valence-electron chi connectivity index (χ0n) is 6.01. The van der Waals surface area contributed by atoms with E-state index < -0.39 is 8.80 Å². The van der Waals surface area contributed by atoms with Crippen molar-refractivity contribution in [1.29, 1.82) is 0 Å². The van der Waals surface area contributed by atoms with Crippen molar-refractivity contribution in [2.24, 2.45) is 0 Å². The van der Waals surface area contributed by atoms with Crippen molar-refractivity contribution in [3.8, 4) is 0 Å². The lowest BCUT2D eigenvalue weighted by Crippen LogP contribution is -2.38. The Morgan fingerprint density at radius 3 is 2.50 bits per heavy atom. The monoisotopic (exact) mass is 184 g/mol. The summed E-state index contributed by atoms with van der Waals surface area (Å²) >= 11 is 5.35. The maximum atomic E-state index is 9.06. The van der Waals surface area contributed by atoms with E-state index in [1.54, 1.807) is 6.92 Å². The SMILES string of the molecule is CCO[Si](O)(O)CCCCl. The van der Waals surface area contributed by atoms with Crippen LogP contribution in [0.5, 0.6) is 0 Å². The molecule has 0 radical (unpaired) electrons. The molecule has 2 N–H and O–H groups in total. The van der Waals surface area contributed by atoms with E-state index in [-0.39, 0.29) is 0 Å². The second-order valence-electron chi connectivity index (χ2n) is 1.97. The normalized spacial score (nSPS) is 12.0. The molecule has 0 spiro atoms. The Labute approximate surface area is 67.0 Å². The predicted molar refractivity (Wildman–Crippen MR) is 42.0 cm³/mol. The van der Waals surface area contributed by atoms with Crippen molar-refractivity contribution in [1.82, 2.24) is 0 Å². The Hall–Kier alpha value is 0.387. The first-order chi connectivity index (χ1) is 4.62. The first-order valence-electron chi connectivity index (χ1n) is 3.27. The third-order valence-electron chi connectivity index (χ3n) is 1.01. The van der Waals surface area contributed by atoms with Gasteiger partial charge < -0.3 is 14.0 Å².